The summed E-state index contributed by atoms with van der Waals surface area (Å²) in [7, 11) is 0. The molecule has 2 saturated carbocycles. The van der Waals surface area contributed by atoms with Crippen molar-refractivity contribution in [3.05, 3.63) is 23.3 Å². The number of aliphatic carboxylic acids is 1. The predicted molar refractivity (Wildman–Crippen MR) is 110 cm³/mol. The van der Waals surface area contributed by atoms with Crippen LogP contribution in [0.2, 0.25) is 0 Å². The highest BCUT2D eigenvalue weighted by Gasteiger charge is 2.63. The summed E-state index contributed by atoms with van der Waals surface area (Å²) in [5.41, 5.74) is 0.561. The van der Waals surface area contributed by atoms with Gasteiger partial charge in [-0.05, 0) is 87.5 Å². The van der Waals surface area contributed by atoms with Crippen LogP contribution in [0.3, 0.4) is 0 Å². The van der Waals surface area contributed by atoms with Gasteiger partial charge < -0.3 is 10.2 Å². The number of hydrogen-bond donors (Lipinski definition) is 2. The SMILES string of the molecule is C#C[C@]1(O)CC[C@@H]2[C@@H]3CC=C4C=C(C(C)(C)C(=O)O)CC[C@]4(C)[C@@H]3CC[C@@]21C. The number of hydrogen-bond acceptors (Lipinski definition) is 2. The highest BCUT2D eigenvalue weighted by atomic mass is 16.4. The topological polar surface area (TPSA) is 57.5 Å². The van der Waals surface area contributed by atoms with Gasteiger partial charge in [-0.3, -0.25) is 4.79 Å². The molecular weight excluding hydrogens is 348 g/mol. The summed E-state index contributed by atoms with van der Waals surface area (Å²) in [6.07, 6.45) is 17.1. The van der Waals surface area contributed by atoms with E-state index in [0.717, 1.165) is 50.5 Å². The summed E-state index contributed by atoms with van der Waals surface area (Å²) in [5, 5.41) is 20.7. The third kappa shape index (κ3) is 2.37. The quantitative estimate of drug-likeness (QED) is 0.664. The number of carbonyl (C=O) groups is 1. The monoisotopic (exact) mass is 382 g/mol. The van der Waals surface area contributed by atoms with E-state index in [1.54, 1.807) is 0 Å². The molecule has 0 aromatic rings. The van der Waals surface area contributed by atoms with Gasteiger partial charge in [-0.15, -0.1) is 6.42 Å². The number of allylic oxidation sites excluding steroid dienone is 3. The Morgan fingerprint density at radius 3 is 2.54 bits per heavy atom. The lowest BCUT2D eigenvalue weighted by Crippen LogP contribution is -2.53. The number of carboxylic acid groups (broad SMARTS) is 1. The minimum Gasteiger partial charge on any atom is -0.481 e. The molecule has 4 rings (SSSR count). The van der Waals surface area contributed by atoms with Crippen LogP contribution in [0.5, 0.6) is 0 Å². The normalized spacial score (nSPS) is 45.1. The molecule has 6 atom stereocenters. The summed E-state index contributed by atoms with van der Waals surface area (Å²) in [6, 6.07) is 0. The van der Waals surface area contributed by atoms with Crippen LogP contribution in [0.25, 0.3) is 0 Å². The van der Waals surface area contributed by atoms with Crippen LogP contribution >= 0.6 is 0 Å². The van der Waals surface area contributed by atoms with Crippen molar-refractivity contribution in [2.24, 2.45) is 34.0 Å². The predicted octanol–water partition coefficient (Wildman–Crippen LogP) is 4.96. The van der Waals surface area contributed by atoms with Crippen molar-refractivity contribution in [2.75, 3.05) is 0 Å². The van der Waals surface area contributed by atoms with E-state index in [0.29, 0.717) is 17.8 Å². The van der Waals surface area contributed by atoms with Gasteiger partial charge in [0, 0.05) is 5.41 Å². The summed E-state index contributed by atoms with van der Waals surface area (Å²) in [5.74, 6) is 3.64. The minimum atomic E-state index is -0.960. The van der Waals surface area contributed by atoms with E-state index < -0.39 is 17.0 Å². The molecule has 0 radical (unpaired) electrons. The van der Waals surface area contributed by atoms with Crippen molar-refractivity contribution >= 4 is 5.97 Å². The average Bonchev–Trinajstić information content (AvgIpc) is 2.92. The summed E-state index contributed by atoms with van der Waals surface area (Å²) in [6.45, 7) is 8.25. The molecule has 3 heteroatoms. The number of carboxylic acids is 1. The summed E-state index contributed by atoms with van der Waals surface area (Å²) in [4.78, 5) is 11.7. The van der Waals surface area contributed by atoms with Crippen molar-refractivity contribution in [1.82, 2.24) is 0 Å². The number of rotatable bonds is 2. The van der Waals surface area contributed by atoms with E-state index in [1.165, 1.54) is 5.57 Å². The highest BCUT2D eigenvalue weighted by molar-refractivity contribution is 5.78. The fourth-order valence-corrected chi connectivity index (χ4v) is 7.21. The van der Waals surface area contributed by atoms with E-state index >= 15 is 0 Å². The standard InChI is InChI=1S/C25H34O3/c1-6-25(28)14-11-20-18-8-7-17-15-16(22(2,3)21(26)27)9-12-23(17,4)19(18)10-13-24(20,25)5/h1,7,15,18-20,28H,8-14H2,2-5H3,(H,26,27)/t18-,19-,20-,23+,24+,25+/m1/s1. The van der Waals surface area contributed by atoms with E-state index in [1.807, 2.05) is 13.8 Å². The van der Waals surface area contributed by atoms with Gasteiger partial charge in [0.15, 0.2) is 0 Å². The van der Waals surface area contributed by atoms with Gasteiger partial charge in [0.2, 0.25) is 0 Å². The lowest BCUT2D eigenvalue weighted by molar-refractivity contribution is -0.145. The molecule has 28 heavy (non-hydrogen) atoms. The molecule has 0 amide bonds. The largest absolute Gasteiger partial charge is 0.481 e. The average molecular weight is 383 g/mol. The Balaban J connectivity index is 1.69. The second-order valence-electron chi connectivity index (χ2n) is 10.8. The van der Waals surface area contributed by atoms with Crippen molar-refractivity contribution in [3.8, 4) is 12.3 Å². The maximum atomic E-state index is 11.7. The van der Waals surface area contributed by atoms with Crippen LogP contribution in [0, 0.1) is 46.3 Å². The first kappa shape index (κ1) is 19.8. The maximum Gasteiger partial charge on any atom is 0.313 e. The highest BCUT2D eigenvalue weighted by Crippen LogP contribution is 2.67. The second kappa shape index (κ2) is 5.99. The Morgan fingerprint density at radius 2 is 1.89 bits per heavy atom. The molecular formula is C25H34O3. The molecule has 0 aromatic carbocycles. The Bertz CT molecular complexity index is 812. The van der Waals surface area contributed by atoms with Gasteiger partial charge in [0.1, 0.15) is 5.60 Å². The van der Waals surface area contributed by atoms with Crippen molar-refractivity contribution < 1.29 is 15.0 Å². The van der Waals surface area contributed by atoms with E-state index in [-0.39, 0.29) is 10.8 Å². The number of aliphatic hydroxyl groups is 1. The molecule has 0 unspecified atom stereocenters. The molecule has 3 nitrogen and oxygen atoms in total. The first-order chi connectivity index (χ1) is 13.0. The van der Waals surface area contributed by atoms with Crippen molar-refractivity contribution in [2.45, 2.75) is 78.2 Å². The van der Waals surface area contributed by atoms with Gasteiger partial charge in [0.05, 0.1) is 5.41 Å². The Kier molecular flexibility index (Phi) is 4.23. The molecule has 0 saturated heterocycles. The molecule has 4 aliphatic carbocycles. The van der Waals surface area contributed by atoms with Crippen LogP contribution in [0.15, 0.2) is 23.3 Å². The molecule has 0 bridgehead atoms. The zero-order chi connectivity index (χ0) is 20.5. The molecule has 0 aliphatic heterocycles. The number of terminal acetylenes is 1. The first-order valence-corrected chi connectivity index (χ1v) is 10.8. The van der Waals surface area contributed by atoms with Crippen LogP contribution in [0.4, 0.5) is 0 Å². The number of fused-ring (bicyclic) bond motifs is 5. The van der Waals surface area contributed by atoms with Gasteiger partial charge in [-0.25, -0.2) is 0 Å². The third-order valence-corrected chi connectivity index (χ3v) is 9.50. The van der Waals surface area contributed by atoms with E-state index in [4.69, 9.17) is 6.42 Å². The fraction of sp³-hybridized carbons (Fsp3) is 0.720. The smallest absolute Gasteiger partial charge is 0.313 e. The van der Waals surface area contributed by atoms with Crippen LogP contribution in [0.1, 0.15) is 72.6 Å². The Morgan fingerprint density at radius 1 is 1.21 bits per heavy atom. The molecule has 152 valence electrons. The Hall–Kier alpha value is -1.53. The fourth-order valence-electron chi connectivity index (χ4n) is 7.21. The maximum absolute atomic E-state index is 11.7. The van der Waals surface area contributed by atoms with Crippen LogP contribution in [-0.2, 0) is 4.79 Å². The van der Waals surface area contributed by atoms with E-state index in [2.05, 4.69) is 31.9 Å². The van der Waals surface area contributed by atoms with Gasteiger partial charge in [-0.2, -0.15) is 0 Å². The zero-order valence-electron chi connectivity index (χ0n) is 17.7. The summed E-state index contributed by atoms with van der Waals surface area (Å²) >= 11 is 0. The Labute approximate surface area is 169 Å². The van der Waals surface area contributed by atoms with Crippen molar-refractivity contribution in [3.63, 3.8) is 0 Å². The lowest BCUT2D eigenvalue weighted by atomic mass is 9.47. The van der Waals surface area contributed by atoms with Gasteiger partial charge >= 0.3 is 5.97 Å². The third-order valence-electron chi connectivity index (χ3n) is 9.50. The molecule has 0 spiro atoms. The second-order valence-corrected chi connectivity index (χ2v) is 10.8. The molecule has 0 aromatic heterocycles. The van der Waals surface area contributed by atoms with Gasteiger partial charge in [-0.1, -0.05) is 37.5 Å². The van der Waals surface area contributed by atoms with Crippen LogP contribution in [-0.4, -0.2) is 21.8 Å². The zero-order valence-corrected chi connectivity index (χ0v) is 17.7. The van der Waals surface area contributed by atoms with E-state index in [9.17, 15) is 15.0 Å². The minimum absolute atomic E-state index is 0.110. The lowest BCUT2D eigenvalue weighted by Gasteiger charge is -2.57. The molecule has 2 N–H and O–H groups in total. The molecule has 4 aliphatic rings. The molecule has 0 heterocycles. The van der Waals surface area contributed by atoms with Crippen LogP contribution < -0.4 is 0 Å². The van der Waals surface area contributed by atoms with Crippen molar-refractivity contribution in [1.29, 1.82) is 0 Å². The van der Waals surface area contributed by atoms with Gasteiger partial charge in [0.25, 0.3) is 0 Å². The first-order valence-electron chi connectivity index (χ1n) is 10.8. The summed E-state index contributed by atoms with van der Waals surface area (Å²) < 4.78 is 0. The molecule has 2 fully saturated rings.